The van der Waals surface area contributed by atoms with E-state index < -0.39 is 23.5 Å². The molecule has 31 heavy (non-hydrogen) atoms. The van der Waals surface area contributed by atoms with Crippen LogP contribution in [0.2, 0.25) is 5.02 Å². The van der Waals surface area contributed by atoms with Gasteiger partial charge in [-0.1, -0.05) is 37.6 Å². The van der Waals surface area contributed by atoms with Gasteiger partial charge in [0.25, 0.3) is 11.8 Å². The Morgan fingerprint density at radius 2 is 1.94 bits per heavy atom. The van der Waals surface area contributed by atoms with Crippen molar-refractivity contribution >= 4 is 35.2 Å². The Kier molecular flexibility index (Phi) is 5.58. The molecule has 1 aromatic carbocycles. The zero-order valence-corrected chi connectivity index (χ0v) is 18.1. The minimum Gasteiger partial charge on any atom is -0.467 e. The van der Waals surface area contributed by atoms with E-state index in [1.54, 1.807) is 24.3 Å². The van der Waals surface area contributed by atoms with Crippen molar-refractivity contribution in [2.75, 3.05) is 6.54 Å². The van der Waals surface area contributed by atoms with Crippen molar-refractivity contribution in [1.29, 1.82) is 0 Å². The highest BCUT2D eigenvalue weighted by atomic mass is 35.5. The van der Waals surface area contributed by atoms with Gasteiger partial charge in [0, 0.05) is 11.4 Å². The summed E-state index contributed by atoms with van der Waals surface area (Å²) in [6.45, 7) is 3.28. The number of rotatable bonds is 6. The fourth-order valence-electron chi connectivity index (χ4n) is 4.02. The average molecular weight is 443 g/mol. The molecule has 1 atom stereocenters. The highest BCUT2D eigenvalue weighted by molar-refractivity contribution is 6.30. The van der Waals surface area contributed by atoms with Crippen LogP contribution < -0.4 is 5.32 Å². The summed E-state index contributed by atoms with van der Waals surface area (Å²) in [4.78, 5) is 39.5. The van der Waals surface area contributed by atoms with E-state index >= 15 is 0 Å². The summed E-state index contributed by atoms with van der Waals surface area (Å²) < 4.78 is 5.53. The van der Waals surface area contributed by atoms with Gasteiger partial charge < -0.3 is 9.73 Å². The SMILES string of the molecule is CCC1(CC)NC(=O)N(CC(=O)N2N=C(c3ccc(Cl)cc3)C[C@@H]2c2ccco2)C1=O. The Balaban J connectivity index is 1.60. The smallest absolute Gasteiger partial charge is 0.325 e. The summed E-state index contributed by atoms with van der Waals surface area (Å²) in [5.74, 6) is -0.266. The molecule has 4 amide bonds. The van der Waals surface area contributed by atoms with Crippen molar-refractivity contribution in [1.82, 2.24) is 15.2 Å². The van der Waals surface area contributed by atoms with Crippen molar-refractivity contribution in [3.63, 3.8) is 0 Å². The van der Waals surface area contributed by atoms with Gasteiger partial charge in [0.2, 0.25) is 0 Å². The largest absolute Gasteiger partial charge is 0.467 e. The van der Waals surface area contributed by atoms with Gasteiger partial charge in [0.1, 0.15) is 23.9 Å². The van der Waals surface area contributed by atoms with Crippen molar-refractivity contribution in [2.24, 2.45) is 5.10 Å². The Hall–Kier alpha value is -3.13. The van der Waals surface area contributed by atoms with Gasteiger partial charge in [0.15, 0.2) is 0 Å². The first-order chi connectivity index (χ1) is 14.9. The molecule has 2 aliphatic heterocycles. The van der Waals surface area contributed by atoms with E-state index in [0.29, 0.717) is 35.8 Å². The molecule has 1 aromatic heterocycles. The normalized spacial score (nSPS) is 20.2. The second kappa shape index (κ2) is 8.19. The van der Waals surface area contributed by atoms with Crippen LogP contribution in [-0.4, -0.2) is 45.5 Å². The number of furan rings is 1. The van der Waals surface area contributed by atoms with Crippen LogP contribution in [0.25, 0.3) is 0 Å². The highest BCUT2D eigenvalue weighted by Crippen LogP contribution is 2.34. The lowest BCUT2D eigenvalue weighted by Crippen LogP contribution is -2.46. The number of benzene rings is 1. The van der Waals surface area contributed by atoms with Crippen LogP contribution in [0, 0.1) is 0 Å². The first-order valence-corrected chi connectivity index (χ1v) is 10.6. The topological polar surface area (TPSA) is 95.2 Å². The zero-order valence-electron chi connectivity index (χ0n) is 17.3. The number of imide groups is 1. The number of hydrogen-bond donors (Lipinski definition) is 1. The molecule has 9 heteroatoms. The van der Waals surface area contributed by atoms with Crippen LogP contribution in [0.1, 0.15) is 50.5 Å². The van der Waals surface area contributed by atoms with E-state index in [1.807, 2.05) is 26.0 Å². The van der Waals surface area contributed by atoms with Gasteiger partial charge in [-0.2, -0.15) is 5.10 Å². The summed E-state index contributed by atoms with van der Waals surface area (Å²) in [6, 6.07) is 9.69. The van der Waals surface area contributed by atoms with Gasteiger partial charge >= 0.3 is 6.03 Å². The number of amides is 4. The number of hydrazone groups is 1. The molecule has 4 rings (SSSR count). The van der Waals surface area contributed by atoms with Crippen LogP contribution in [0.4, 0.5) is 4.79 Å². The number of carbonyl (C=O) groups excluding carboxylic acids is 3. The predicted molar refractivity (Wildman–Crippen MR) is 114 cm³/mol. The molecule has 2 aliphatic rings. The molecule has 0 radical (unpaired) electrons. The van der Waals surface area contributed by atoms with Gasteiger partial charge in [-0.15, -0.1) is 0 Å². The maximum Gasteiger partial charge on any atom is 0.325 e. The molecule has 0 bridgehead atoms. The standard InChI is InChI=1S/C22H23ClN4O4/c1-3-22(4-2)20(29)26(21(30)24-22)13-19(28)27-17(18-6-5-11-31-18)12-16(25-27)14-7-9-15(23)10-8-14/h5-11,17H,3-4,12-13H2,1-2H3,(H,24,30)/t17-/m1/s1. The molecule has 8 nitrogen and oxygen atoms in total. The molecule has 1 N–H and O–H groups in total. The molecule has 0 spiro atoms. The van der Waals surface area contributed by atoms with Crippen LogP contribution in [0.3, 0.4) is 0 Å². The molecular weight excluding hydrogens is 420 g/mol. The summed E-state index contributed by atoms with van der Waals surface area (Å²) >= 11 is 5.98. The minimum atomic E-state index is -0.958. The van der Waals surface area contributed by atoms with Gasteiger partial charge in [-0.05, 0) is 42.7 Å². The summed E-state index contributed by atoms with van der Waals surface area (Å²) in [5.41, 5.74) is 0.572. The highest BCUT2D eigenvalue weighted by Gasteiger charge is 2.50. The van der Waals surface area contributed by atoms with Crippen LogP contribution >= 0.6 is 11.6 Å². The summed E-state index contributed by atoms with van der Waals surface area (Å²) in [7, 11) is 0. The first kappa shape index (κ1) is 21.1. The van der Waals surface area contributed by atoms with Gasteiger partial charge in [-0.25, -0.2) is 9.80 Å². The van der Waals surface area contributed by atoms with Crippen LogP contribution in [-0.2, 0) is 9.59 Å². The number of urea groups is 1. The molecule has 0 unspecified atom stereocenters. The van der Waals surface area contributed by atoms with E-state index in [1.165, 1.54) is 11.3 Å². The Labute approximate surface area is 184 Å². The van der Waals surface area contributed by atoms with Gasteiger partial charge in [-0.3, -0.25) is 14.5 Å². The van der Waals surface area contributed by atoms with E-state index in [2.05, 4.69) is 10.4 Å². The molecule has 3 heterocycles. The molecule has 0 aliphatic carbocycles. The number of nitrogens with one attached hydrogen (secondary N) is 1. The number of hydrogen-bond acceptors (Lipinski definition) is 5. The Bertz CT molecular complexity index is 1030. The molecule has 1 fully saturated rings. The number of halogens is 1. The maximum atomic E-state index is 13.2. The zero-order chi connectivity index (χ0) is 22.2. The van der Waals surface area contributed by atoms with E-state index in [0.717, 1.165) is 10.5 Å². The quantitative estimate of drug-likeness (QED) is 0.689. The fourth-order valence-corrected chi connectivity index (χ4v) is 4.14. The van der Waals surface area contributed by atoms with Crippen molar-refractivity contribution in [3.05, 3.63) is 59.0 Å². The summed E-state index contributed by atoms with van der Waals surface area (Å²) in [6.07, 6.45) is 2.88. The molecular formula is C22H23ClN4O4. The van der Waals surface area contributed by atoms with Crippen molar-refractivity contribution in [3.8, 4) is 0 Å². The third-order valence-corrected chi connectivity index (χ3v) is 6.21. The van der Waals surface area contributed by atoms with E-state index in [-0.39, 0.29) is 12.5 Å². The van der Waals surface area contributed by atoms with Crippen molar-refractivity contribution in [2.45, 2.75) is 44.7 Å². The minimum absolute atomic E-state index is 0.383. The second-order valence-corrected chi connectivity index (χ2v) is 8.07. The monoisotopic (exact) mass is 442 g/mol. The first-order valence-electron chi connectivity index (χ1n) is 10.2. The fraction of sp³-hybridized carbons (Fsp3) is 0.364. The molecule has 2 aromatic rings. The predicted octanol–water partition coefficient (Wildman–Crippen LogP) is 3.72. The van der Waals surface area contributed by atoms with Crippen LogP contribution in [0.15, 0.2) is 52.2 Å². The third kappa shape index (κ3) is 3.72. The lowest BCUT2D eigenvalue weighted by atomic mass is 9.93. The lowest BCUT2D eigenvalue weighted by Gasteiger charge is -2.24. The van der Waals surface area contributed by atoms with Crippen LogP contribution in [0.5, 0.6) is 0 Å². The van der Waals surface area contributed by atoms with E-state index in [4.69, 9.17) is 16.0 Å². The molecule has 162 valence electrons. The Morgan fingerprint density at radius 1 is 1.23 bits per heavy atom. The molecule has 0 saturated carbocycles. The van der Waals surface area contributed by atoms with Crippen molar-refractivity contribution < 1.29 is 18.8 Å². The van der Waals surface area contributed by atoms with E-state index in [9.17, 15) is 14.4 Å². The lowest BCUT2D eigenvalue weighted by molar-refractivity contribution is -0.140. The Morgan fingerprint density at radius 3 is 2.52 bits per heavy atom. The number of nitrogens with zero attached hydrogens (tertiary/aromatic N) is 3. The number of carbonyl (C=O) groups is 3. The second-order valence-electron chi connectivity index (χ2n) is 7.64. The van der Waals surface area contributed by atoms with Gasteiger partial charge in [0.05, 0.1) is 12.0 Å². The maximum absolute atomic E-state index is 13.2. The third-order valence-electron chi connectivity index (χ3n) is 5.96. The summed E-state index contributed by atoms with van der Waals surface area (Å²) in [5, 5.41) is 9.17. The molecule has 1 saturated heterocycles. The average Bonchev–Trinajstić information content (AvgIpc) is 3.49.